The van der Waals surface area contributed by atoms with E-state index in [1.54, 1.807) is 29.4 Å². The second-order valence-corrected chi connectivity index (χ2v) is 6.47. The summed E-state index contributed by atoms with van der Waals surface area (Å²) in [4.78, 5) is 31.7. The van der Waals surface area contributed by atoms with E-state index in [1.807, 2.05) is 54.6 Å². The fourth-order valence-corrected chi connectivity index (χ4v) is 3.38. The zero-order chi connectivity index (χ0) is 18.6. The van der Waals surface area contributed by atoms with Crippen LogP contribution >= 0.6 is 0 Å². The number of amides is 2. The van der Waals surface area contributed by atoms with E-state index in [9.17, 15) is 9.59 Å². The maximum absolute atomic E-state index is 13.1. The van der Waals surface area contributed by atoms with Gasteiger partial charge in [-0.3, -0.25) is 19.5 Å². The smallest absolute Gasteiger partial charge is 0.259 e. The molecule has 134 valence electrons. The van der Waals surface area contributed by atoms with Crippen LogP contribution in [0.5, 0.6) is 0 Å². The summed E-state index contributed by atoms with van der Waals surface area (Å²) in [6.07, 6.45) is 3.92. The predicted octanol–water partition coefficient (Wildman–Crippen LogP) is 2.97. The molecule has 1 aromatic heterocycles. The summed E-state index contributed by atoms with van der Waals surface area (Å²) < 4.78 is 0. The monoisotopic (exact) mass is 357 g/mol. The molecule has 2 amide bonds. The standard InChI is InChI=1S/C22H19N3O2/c26-21(24-15-16-7-6-12-23-14-16)20-13-18-10-4-5-11-19(18)25(20)22(27)17-8-2-1-3-9-17/h1-12,14,20H,13,15H2,(H,24,26)/t20-/m1/s1. The normalized spacial score (nSPS) is 15.3. The molecule has 2 heterocycles. The minimum Gasteiger partial charge on any atom is -0.350 e. The van der Waals surface area contributed by atoms with Crippen LogP contribution in [0.2, 0.25) is 0 Å². The summed E-state index contributed by atoms with van der Waals surface area (Å²) >= 11 is 0. The molecule has 3 aromatic rings. The van der Waals surface area contributed by atoms with Crippen molar-refractivity contribution in [1.29, 1.82) is 0 Å². The maximum Gasteiger partial charge on any atom is 0.259 e. The Morgan fingerprint density at radius 1 is 1.00 bits per heavy atom. The van der Waals surface area contributed by atoms with E-state index < -0.39 is 6.04 Å². The molecule has 1 aliphatic rings. The molecule has 0 radical (unpaired) electrons. The highest BCUT2D eigenvalue weighted by molar-refractivity contribution is 6.11. The van der Waals surface area contributed by atoms with Gasteiger partial charge in [0.05, 0.1) is 0 Å². The van der Waals surface area contributed by atoms with Gasteiger partial charge in [-0.05, 0) is 35.4 Å². The fourth-order valence-electron chi connectivity index (χ4n) is 3.38. The first-order valence-electron chi connectivity index (χ1n) is 8.87. The Morgan fingerprint density at radius 3 is 2.56 bits per heavy atom. The Hall–Kier alpha value is -3.47. The van der Waals surface area contributed by atoms with Crippen LogP contribution in [0.3, 0.4) is 0 Å². The minimum atomic E-state index is -0.563. The molecule has 4 rings (SSSR count). The first kappa shape index (κ1) is 17.0. The maximum atomic E-state index is 13.1. The van der Waals surface area contributed by atoms with Crippen LogP contribution in [0.25, 0.3) is 0 Å². The molecule has 0 saturated carbocycles. The predicted molar refractivity (Wildman–Crippen MR) is 103 cm³/mol. The molecule has 0 spiro atoms. The SMILES string of the molecule is O=C(NCc1cccnc1)[C@H]1Cc2ccccc2N1C(=O)c1ccccc1. The van der Waals surface area contributed by atoms with Crippen molar-refractivity contribution < 1.29 is 9.59 Å². The number of carbonyl (C=O) groups excluding carboxylic acids is 2. The molecule has 0 unspecified atom stereocenters. The molecule has 1 atom stereocenters. The number of fused-ring (bicyclic) bond motifs is 1. The van der Waals surface area contributed by atoms with Gasteiger partial charge in [0, 0.05) is 36.6 Å². The molecule has 5 heteroatoms. The Bertz CT molecular complexity index is 958. The second-order valence-electron chi connectivity index (χ2n) is 6.47. The average molecular weight is 357 g/mol. The van der Waals surface area contributed by atoms with E-state index in [1.165, 1.54) is 0 Å². The van der Waals surface area contributed by atoms with Gasteiger partial charge in [-0.1, -0.05) is 42.5 Å². The van der Waals surface area contributed by atoms with E-state index in [0.29, 0.717) is 18.5 Å². The van der Waals surface area contributed by atoms with Crippen molar-refractivity contribution in [2.75, 3.05) is 4.90 Å². The van der Waals surface area contributed by atoms with Crippen LogP contribution in [0.4, 0.5) is 5.69 Å². The van der Waals surface area contributed by atoms with E-state index in [-0.39, 0.29) is 11.8 Å². The number of para-hydroxylation sites is 1. The number of anilines is 1. The van der Waals surface area contributed by atoms with Crippen molar-refractivity contribution in [2.45, 2.75) is 19.0 Å². The molecule has 5 nitrogen and oxygen atoms in total. The van der Waals surface area contributed by atoms with Crippen molar-refractivity contribution in [3.63, 3.8) is 0 Å². The molecule has 1 aliphatic heterocycles. The van der Waals surface area contributed by atoms with Crippen molar-refractivity contribution in [1.82, 2.24) is 10.3 Å². The molecule has 0 aliphatic carbocycles. The Balaban J connectivity index is 1.59. The van der Waals surface area contributed by atoms with E-state index in [0.717, 1.165) is 16.8 Å². The average Bonchev–Trinajstić information content (AvgIpc) is 3.12. The number of nitrogens with zero attached hydrogens (tertiary/aromatic N) is 2. The van der Waals surface area contributed by atoms with Crippen LogP contribution in [0, 0.1) is 0 Å². The fraction of sp³-hybridized carbons (Fsp3) is 0.136. The van der Waals surface area contributed by atoms with Gasteiger partial charge in [-0.15, -0.1) is 0 Å². The second kappa shape index (κ2) is 7.41. The van der Waals surface area contributed by atoms with Gasteiger partial charge in [-0.25, -0.2) is 0 Å². The van der Waals surface area contributed by atoms with Crippen LogP contribution < -0.4 is 10.2 Å². The first-order valence-corrected chi connectivity index (χ1v) is 8.87. The molecule has 1 N–H and O–H groups in total. The molecular formula is C22H19N3O2. The number of hydrogen-bond donors (Lipinski definition) is 1. The summed E-state index contributed by atoms with van der Waals surface area (Å²) in [5, 5.41) is 2.94. The number of nitrogens with one attached hydrogen (secondary N) is 1. The van der Waals surface area contributed by atoms with Crippen molar-refractivity contribution >= 4 is 17.5 Å². The molecule has 0 saturated heterocycles. The summed E-state index contributed by atoms with van der Waals surface area (Å²) in [5.41, 5.74) is 3.29. The topological polar surface area (TPSA) is 62.3 Å². The lowest BCUT2D eigenvalue weighted by atomic mass is 10.1. The molecule has 0 bridgehead atoms. The molecule has 0 fully saturated rings. The van der Waals surface area contributed by atoms with Crippen LogP contribution in [-0.2, 0) is 17.8 Å². The van der Waals surface area contributed by atoms with Gasteiger partial charge < -0.3 is 5.32 Å². The number of benzene rings is 2. The van der Waals surface area contributed by atoms with E-state index in [2.05, 4.69) is 10.3 Å². The summed E-state index contributed by atoms with van der Waals surface area (Å²) in [6.45, 7) is 0.382. The van der Waals surface area contributed by atoms with Crippen LogP contribution in [0.15, 0.2) is 79.1 Å². The quantitative estimate of drug-likeness (QED) is 0.781. The number of hydrogen-bond acceptors (Lipinski definition) is 3. The first-order chi connectivity index (χ1) is 13.2. The minimum absolute atomic E-state index is 0.165. The van der Waals surface area contributed by atoms with Gasteiger partial charge in [0.25, 0.3) is 5.91 Å². The largest absolute Gasteiger partial charge is 0.350 e. The lowest BCUT2D eigenvalue weighted by molar-refractivity contribution is -0.122. The third-order valence-corrected chi connectivity index (χ3v) is 4.71. The molecule has 2 aromatic carbocycles. The van der Waals surface area contributed by atoms with Crippen molar-refractivity contribution in [3.05, 3.63) is 95.8 Å². The lowest BCUT2D eigenvalue weighted by Gasteiger charge is -2.25. The van der Waals surface area contributed by atoms with Crippen molar-refractivity contribution in [2.24, 2.45) is 0 Å². The molecule has 27 heavy (non-hydrogen) atoms. The molecular weight excluding hydrogens is 338 g/mol. The van der Waals surface area contributed by atoms with Gasteiger partial charge in [0.2, 0.25) is 5.91 Å². The number of carbonyl (C=O) groups is 2. The van der Waals surface area contributed by atoms with Gasteiger partial charge in [-0.2, -0.15) is 0 Å². The zero-order valence-corrected chi connectivity index (χ0v) is 14.7. The Morgan fingerprint density at radius 2 is 1.78 bits per heavy atom. The highest BCUT2D eigenvalue weighted by Gasteiger charge is 2.38. The van der Waals surface area contributed by atoms with E-state index in [4.69, 9.17) is 0 Å². The number of pyridine rings is 1. The van der Waals surface area contributed by atoms with E-state index >= 15 is 0 Å². The Labute approximate surface area is 157 Å². The van der Waals surface area contributed by atoms with Gasteiger partial charge in [0.15, 0.2) is 0 Å². The van der Waals surface area contributed by atoms with Crippen LogP contribution in [0.1, 0.15) is 21.5 Å². The summed E-state index contributed by atoms with van der Waals surface area (Å²) in [6, 6.07) is 19.9. The zero-order valence-electron chi connectivity index (χ0n) is 14.7. The summed E-state index contributed by atoms with van der Waals surface area (Å²) in [5.74, 6) is -0.332. The lowest BCUT2D eigenvalue weighted by Crippen LogP contribution is -2.48. The Kier molecular flexibility index (Phi) is 4.66. The number of aromatic nitrogens is 1. The van der Waals surface area contributed by atoms with Crippen molar-refractivity contribution in [3.8, 4) is 0 Å². The van der Waals surface area contributed by atoms with Gasteiger partial charge >= 0.3 is 0 Å². The third-order valence-electron chi connectivity index (χ3n) is 4.71. The highest BCUT2D eigenvalue weighted by Crippen LogP contribution is 2.33. The third kappa shape index (κ3) is 3.44. The van der Waals surface area contributed by atoms with Crippen LogP contribution in [-0.4, -0.2) is 22.8 Å². The number of rotatable bonds is 4. The highest BCUT2D eigenvalue weighted by atomic mass is 16.2. The van der Waals surface area contributed by atoms with Gasteiger partial charge in [0.1, 0.15) is 6.04 Å². The summed E-state index contributed by atoms with van der Waals surface area (Å²) in [7, 11) is 0.